The van der Waals surface area contributed by atoms with E-state index in [1.807, 2.05) is 42.3 Å². The molecule has 0 aliphatic carbocycles. The van der Waals surface area contributed by atoms with Crippen LogP contribution in [0.3, 0.4) is 0 Å². The standard InChI is InChI=1S/C25H36N6O3/c1-16(26)22(32)28-19-13-21(30(5)15-19)23(33)31(11-10-25(2,3)4)24(34)29-18-12-17-8-6-7-9-20(17)27-14-18/h6-9,12,14,16,19,21H,10-11,13,15,26H2,1-5H3,(H,28,32)(H,29,34)/t16-,19+,21-/m1/s1. The Balaban J connectivity index is 1.76. The monoisotopic (exact) mass is 468 g/mol. The van der Waals surface area contributed by atoms with Crippen molar-refractivity contribution < 1.29 is 14.4 Å². The highest BCUT2D eigenvalue weighted by Crippen LogP contribution is 2.23. The molecular weight excluding hydrogens is 432 g/mol. The number of likely N-dealkylation sites (N-methyl/N-ethyl adjacent to an activating group) is 1. The van der Waals surface area contributed by atoms with Crippen molar-refractivity contribution in [2.75, 3.05) is 25.5 Å². The second-order valence-corrected chi connectivity index (χ2v) is 10.3. The molecule has 4 N–H and O–H groups in total. The molecule has 9 nitrogen and oxygen atoms in total. The SMILES string of the molecule is C[C@@H](N)C(=O)N[C@H]1C[C@H](C(=O)N(CCC(C)(C)C)C(=O)Nc2cnc3ccccc3c2)N(C)C1. The summed E-state index contributed by atoms with van der Waals surface area (Å²) in [6.45, 7) is 8.64. The first-order chi connectivity index (χ1) is 15.9. The Morgan fingerprint density at radius 1 is 1.26 bits per heavy atom. The number of pyridine rings is 1. The summed E-state index contributed by atoms with van der Waals surface area (Å²) in [6, 6.07) is 7.66. The molecule has 184 valence electrons. The van der Waals surface area contributed by atoms with Crippen molar-refractivity contribution in [2.24, 2.45) is 11.1 Å². The molecule has 1 aliphatic heterocycles. The van der Waals surface area contributed by atoms with Gasteiger partial charge < -0.3 is 16.4 Å². The summed E-state index contributed by atoms with van der Waals surface area (Å²) in [5.74, 6) is -0.534. The molecule has 34 heavy (non-hydrogen) atoms. The van der Waals surface area contributed by atoms with Crippen molar-refractivity contribution in [3.05, 3.63) is 36.5 Å². The van der Waals surface area contributed by atoms with Gasteiger partial charge in [0.15, 0.2) is 0 Å². The highest BCUT2D eigenvalue weighted by atomic mass is 16.2. The highest BCUT2D eigenvalue weighted by Gasteiger charge is 2.39. The lowest BCUT2D eigenvalue weighted by Gasteiger charge is -2.29. The molecule has 4 amide bonds. The first-order valence-electron chi connectivity index (χ1n) is 11.7. The summed E-state index contributed by atoms with van der Waals surface area (Å²) in [7, 11) is 1.83. The van der Waals surface area contributed by atoms with Crippen LogP contribution in [-0.4, -0.2) is 70.9 Å². The van der Waals surface area contributed by atoms with Crippen molar-refractivity contribution in [1.29, 1.82) is 0 Å². The summed E-state index contributed by atoms with van der Waals surface area (Å²) >= 11 is 0. The second-order valence-electron chi connectivity index (χ2n) is 10.3. The fraction of sp³-hybridized carbons (Fsp3) is 0.520. The molecule has 1 fully saturated rings. The van der Waals surface area contributed by atoms with Crippen LogP contribution in [0.1, 0.15) is 40.5 Å². The van der Waals surface area contributed by atoms with E-state index in [-0.39, 0.29) is 29.8 Å². The molecule has 1 aromatic heterocycles. The first-order valence-corrected chi connectivity index (χ1v) is 11.7. The molecule has 0 radical (unpaired) electrons. The van der Waals surface area contributed by atoms with Crippen LogP contribution in [0.15, 0.2) is 36.5 Å². The molecule has 0 saturated carbocycles. The smallest absolute Gasteiger partial charge is 0.328 e. The van der Waals surface area contributed by atoms with Crippen LogP contribution >= 0.6 is 0 Å². The van der Waals surface area contributed by atoms with Gasteiger partial charge in [0, 0.05) is 24.5 Å². The number of nitrogens with two attached hydrogens (primary N) is 1. The van der Waals surface area contributed by atoms with Crippen LogP contribution in [0.25, 0.3) is 10.9 Å². The lowest BCUT2D eigenvalue weighted by molar-refractivity contribution is -0.132. The van der Waals surface area contributed by atoms with Gasteiger partial charge in [-0.2, -0.15) is 0 Å². The van der Waals surface area contributed by atoms with Crippen molar-refractivity contribution in [3.63, 3.8) is 0 Å². The van der Waals surface area contributed by atoms with E-state index in [4.69, 9.17) is 5.73 Å². The molecular formula is C25H36N6O3. The number of hydrogen-bond acceptors (Lipinski definition) is 6. The van der Waals surface area contributed by atoms with Crippen LogP contribution in [-0.2, 0) is 9.59 Å². The zero-order chi connectivity index (χ0) is 25.0. The van der Waals surface area contributed by atoms with E-state index < -0.39 is 18.1 Å². The van der Waals surface area contributed by atoms with Crippen LogP contribution in [0.4, 0.5) is 10.5 Å². The average molecular weight is 469 g/mol. The second kappa shape index (κ2) is 10.5. The predicted octanol–water partition coefficient (Wildman–Crippen LogP) is 2.57. The molecule has 2 aromatic rings. The number of amides is 4. The molecule has 3 rings (SSSR count). The number of anilines is 1. The number of fused-ring (bicyclic) bond motifs is 1. The Hall–Kier alpha value is -3.04. The zero-order valence-electron chi connectivity index (χ0n) is 20.7. The number of rotatable bonds is 6. The van der Waals surface area contributed by atoms with Crippen LogP contribution < -0.4 is 16.4 Å². The van der Waals surface area contributed by atoms with E-state index in [2.05, 4.69) is 36.4 Å². The minimum Gasteiger partial charge on any atom is -0.351 e. The maximum atomic E-state index is 13.6. The molecule has 0 unspecified atom stereocenters. The minimum absolute atomic E-state index is 0.0569. The lowest BCUT2D eigenvalue weighted by atomic mass is 9.92. The van der Waals surface area contributed by atoms with Crippen molar-refractivity contribution in [3.8, 4) is 0 Å². The van der Waals surface area contributed by atoms with Gasteiger partial charge in [0.05, 0.1) is 29.5 Å². The number of likely N-dealkylation sites (tertiary alicyclic amines) is 1. The number of urea groups is 1. The van der Waals surface area contributed by atoms with Gasteiger partial charge in [0.2, 0.25) is 11.8 Å². The Morgan fingerprint density at radius 2 is 1.97 bits per heavy atom. The van der Waals surface area contributed by atoms with Gasteiger partial charge in [-0.1, -0.05) is 39.0 Å². The van der Waals surface area contributed by atoms with E-state index >= 15 is 0 Å². The number of carbonyl (C=O) groups excluding carboxylic acids is 3. The number of benzene rings is 1. The number of imide groups is 1. The van der Waals surface area contributed by atoms with Gasteiger partial charge in [-0.3, -0.25) is 24.4 Å². The quantitative estimate of drug-likeness (QED) is 0.599. The maximum absolute atomic E-state index is 13.6. The molecule has 0 bridgehead atoms. The van der Waals surface area contributed by atoms with Gasteiger partial charge in [-0.05, 0) is 44.4 Å². The molecule has 3 atom stereocenters. The summed E-state index contributed by atoms with van der Waals surface area (Å²) in [5, 5.41) is 6.64. The molecule has 2 heterocycles. The van der Waals surface area contributed by atoms with Gasteiger partial charge in [0.25, 0.3) is 0 Å². The molecule has 0 spiro atoms. The van der Waals surface area contributed by atoms with Crippen LogP contribution in [0.2, 0.25) is 0 Å². The Bertz CT molecular complexity index is 1050. The number of hydrogen-bond donors (Lipinski definition) is 3. The third-order valence-electron chi connectivity index (χ3n) is 6.03. The number of aromatic nitrogens is 1. The topological polar surface area (TPSA) is 121 Å². The Kier molecular flexibility index (Phi) is 7.89. The molecule has 9 heteroatoms. The third-order valence-corrected chi connectivity index (χ3v) is 6.03. The van der Waals surface area contributed by atoms with Crippen molar-refractivity contribution >= 4 is 34.4 Å². The summed E-state index contributed by atoms with van der Waals surface area (Å²) < 4.78 is 0. The van der Waals surface area contributed by atoms with E-state index in [9.17, 15) is 14.4 Å². The van der Waals surface area contributed by atoms with E-state index in [1.165, 1.54) is 4.90 Å². The van der Waals surface area contributed by atoms with E-state index in [0.717, 1.165) is 10.9 Å². The summed E-state index contributed by atoms with van der Waals surface area (Å²) in [6.07, 6.45) is 2.67. The third kappa shape index (κ3) is 6.51. The van der Waals surface area contributed by atoms with Gasteiger partial charge in [-0.15, -0.1) is 0 Å². The van der Waals surface area contributed by atoms with Gasteiger partial charge >= 0.3 is 6.03 Å². The Morgan fingerprint density at radius 3 is 2.65 bits per heavy atom. The fourth-order valence-electron chi connectivity index (χ4n) is 3.99. The number of para-hydroxylation sites is 1. The maximum Gasteiger partial charge on any atom is 0.328 e. The van der Waals surface area contributed by atoms with Gasteiger partial charge in [-0.25, -0.2) is 4.79 Å². The molecule has 1 aliphatic rings. The Labute approximate surface area is 201 Å². The average Bonchev–Trinajstić information content (AvgIpc) is 3.12. The van der Waals surface area contributed by atoms with Gasteiger partial charge in [0.1, 0.15) is 0 Å². The predicted molar refractivity (Wildman–Crippen MR) is 133 cm³/mol. The van der Waals surface area contributed by atoms with E-state index in [0.29, 0.717) is 25.1 Å². The largest absolute Gasteiger partial charge is 0.351 e. The minimum atomic E-state index is -0.621. The highest BCUT2D eigenvalue weighted by molar-refractivity contribution is 6.03. The fourth-order valence-corrected chi connectivity index (χ4v) is 3.99. The number of nitrogens with zero attached hydrogens (tertiary/aromatic N) is 3. The number of nitrogens with one attached hydrogen (secondary N) is 2. The summed E-state index contributed by atoms with van der Waals surface area (Å²) in [5.41, 5.74) is 6.96. The van der Waals surface area contributed by atoms with Crippen LogP contribution in [0.5, 0.6) is 0 Å². The number of carbonyl (C=O) groups is 3. The van der Waals surface area contributed by atoms with Crippen LogP contribution in [0, 0.1) is 5.41 Å². The zero-order valence-corrected chi connectivity index (χ0v) is 20.7. The first kappa shape index (κ1) is 25.6. The van der Waals surface area contributed by atoms with Crippen molar-refractivity contribution in [1.82, 2.24) is 20.1 Å². The van der Waals surface area contributed by atoms with E-state index in [1.54, 1.807) is 13.1 Å². The van der Waals surface area contributed by atoms with Crippen molar-refractivity contribution in [2.45, 2.75) is 58.7 Å². The molecule has 1 aromatic carbocycles. The summed E-state index contributed by atoms with van der Waals surface area (Å²) in [4.78, 5) is 46.4. The lowest BCUT2D eigenvalue weighted by Crippen LogP contribution is -2.49. The normalized spacial score (nSPS) is 19.6. The molecule has 1 saturated heterocycles.